The summed E-state index contributed by atoms with van der Waals surface area (Å²) in [6.45, 7) is 2.53. The maximum atomic E-state index is 12.8. The Morgan fingerprint density at radius 3 is 3.04 bits per heavy atom. The highest BCUT2D eigenvalue weighted by molar-refractivity contribution is 7.22. The van der Waals surface area contributed by atoms with Crippen LogP contribution in [0.2, 0.25) is 0 Å². The lowest BCUT2D eigenvalue weighted by molar-refractivity contribution is -0.123. The Bertz CT molecular complexity index is 999. The Kier molecular flexibility index (Phi) is 4.30. The highest BCUT2D eigenvalue weighted by Gasteiger charge is 2.30. The summed E-state index contributed by atoms with van der Waals surface area (Å²) in [5, 5.41) is 6.18. The van der Waals surface area contributed by atoms with Crippen LogP contribution in [0.3, 0.4) is 0 Å². The van der Waals surface area contributed by atoms with Crippen molar-refractivity contribution in [2.75, 3.05) is 17.2 Å². The summed E-state index contributed by atoms with van der Waals surface area (Å²) in [5.74, 6) is -0.128. The van der Waals surface area contributed by atoms with E-state index in [4.69, 9.17) is 4.74 Å². The number of aromatic nitrogens is 1. The molecule has 0 aliphatic carbocycles. The van der Waals surface area contributed by atoms with Gasteiger partial charge in [0.2, 0.25) is 11.8 Å². The van der Waals surface area contributed by atoms with Crippen LogP contribution >= 0.6 is 11.3 Å². The molecule has 2 N–H and O–H groups in total. The first-order valence-corrected chi connectivity index (χ1v) is 9.18. The number of ether oxygens (including phenoxy) is 1. The molecule has 2 heterocycles. The van der Waals surface area contributed by atoms with Crippen LogP contribution in [0.25, 0.3) is 10.2 Å². The van der Waals surface area contributed by atoms with E-state index in [1.54, 1.807) is 6.07 Å². The largest absolute Gasteiger partial charge is 0.494 e. The van der Waals surface area contributed by atoms with Crippen LogP contribution in [0.5, 0.6) is 5.75 Å². The van der Waals surface area contributed by atoms with E-state index in [1.807, 2.05) is 43.3 Å². The number of anilines is 2. The van der Waals surface area contributed by atoms with E-state index in [0.717, 1.165) is 21.5 Å². The molecule has 1 aliphatic rings. The summed E-state index contributed by atoms with van der Waals surface area (Å²) >= 11 is 1.39. The molecule has 0 saturated heterocycles. The number of para-hydroxylation sites is 1. The minimum Gasteiger partial charge on any atom is -0.494 e. The van der Waals surface area contributed by atoms with Gasteiger partial charge in [0, 0.05) is 12.1 Å². The van der Waals surface area contributed by atoms with Gasteiger partial charge in [-0.15, -0.1) is 0 Å². The number of benzene rings is 2. The number of amides is 2. The molecule has 2 aromatic carbocycles. The lowest BCUT2D eigenvalue weighted by Crippen LogP contribution is -2.30. The Morgan fingerprint density at radius 1 is 1.35 bits per heavy atom. The van der Waals surface area contributed by atoms with Crippen molar-refractivity contribution in [3.8, 4) is 5.75 Å². The highest BCUT2D eigenvalue weighted by atomic mass is 32.1. The van der Waals surface area contributed by atoms with Gasteiger partial charge in [-0.3, -0.25) is 9.59 Å². The van der Waals surface area contributed by atoms with Gasteiger partial charge < -0.3 is 15.4 Å². The van der Waals surface area contributed by atoms with Gasteiger partial charge in [-0.05, 0) is 36.8 Å². The van der Waals surface area contributed by atoms with E-state index in [0.29, 0.717) is 17.4 Å². The molecule has 0 radical (unpaired) electrons. The monoisotopic (exact) mass is 367 g/mol. The zero-order valence-corrected chi connectivity index (χ0v) is 14.9. The van der Waals surface area contributed by atoms with E-state index in [2.05, 4.69) is 15.6 Å². The predicted octanol–water partition coefficient (Wildman–Crippen LogP) is 3.76. The quantitative estimate of drug-likeness (QED) is 0.736. The van der Waals surface area contributed by atoms with E-state index in [-0.39, 0.29) is 18.2 Å². The second-order valence-electron chi connectivity index (χ2n) is 5.96. The molecule has 7 heteroatoms. The number of nitrogens with zero attached hydrogens (tertiary/aromatic N) is 1. The smallest absolute Gasteiger partial charge is 0.234 e. The van der Waals surface area contributed by atoms with Crippen molar-refractivity contribution in [3.05, 3.63) is 48.0 Å². The van der Waals surface area contributed by atoms with Crippen molar-refractivity contribution >= 4 is 44.2 Å². The molecule has 0 saturated carbocycles. The number of fused-ring (bicyclic) bond motifs is 2. The summed E-state index contributed by atoms with van der Waals surface area (Å²) in [4.78, 5) is 29.1. The average Bonchev–Trinajstić information content (AvgIpc) is 3.02. The molecule has 132 valence electrons. The molecule has 0 fully saturated rings. The Labute approximate surface area is 154 Å². The highest BCUT2D eigenvalue weighted by Crippen LogP contribution is 2.34. The molecule has 4 rings (SSSR count). The number of carbonyl (C=O) groups is 2. The number of nitrogens with one attached hydrogen (secondary N) is 2. The lowest BCUT2D eigenvalue weighted by atomic mass is 9.90. The Balaban J connectivity index is 1.58. The van der Waals surface area contributed by atoms with E-state index >= 15 is 0 Å². The van der Waals surface area contributed by atoms with Crippen molar-refractivity contribution < 1.29 is 14.3 Å². The third-order valence-electron chi connectivity index (χ3n) is 4.22. The van der Waals surface area contributed by atoms with Gasteiger partial charge in [-0.25, -0.2) is 4.98 Å². The number of carbonyl (C=O) groups excluding carboxylic acids is 2. The van der Waals surface area contributed by atoms with Crippen molar-refractivity contribution in [3.63, 3.8) is 0 Å². The fraction of sp³-hybridized carbons (Fsp3) is 0.211. The predicted molar refractivity (Wildman–Crippen MR) is 102 cm³/mol. The third kappa shape index (κ3) is 3.13. The number of hydrogen-bond donors (Lipinski definition) is 2. The van der Waals surface area contributed by atoms with Gasteiger partial charge >= 0.3 is 0 Å². The van der Waals surface area contributed by atoms with Crippen molar-refractivity contribution in [2.24, 2.45) is 0 Å². The first-order valence-electron chi connectivity index (χ1n) is 8.37. The Hall–Kier alpha value is -2.93. The maximum Gasteiger partial charge on any atom is 0.234 e. The molecule has 1 aromatic heterocycles. The van der Waals surface area contributed by atoms with Gasteiger partial charge in [0.1, 0.15) is 5.75 Å². The van der Waals surface area contributed by atoms with E-state index < -0.39 is 5.92 Å². The van der Waals surface area contributed by atoms with Crippen molar-refractivity contribution in [1.29, 1.82) is 0 Å². The summed E-state index contributed by atoms with van der Waals surface area (Å²) in [5.41, 5.74) is 2.31. The van der Waals surface area contributed by atoms with Gasteiger partial charge in [0.15, 0.2) is 5.13 Å². The molecule has 3 aromatic rings. The number of thiazole rings is 1. The standard InChI is InChI=1S/C19H17N3O3S/c1-2-25-11-7-8-15-16(9-11)26-19(21-15)22-18(24)13-10-17(23)20-14-6-4-3-5-12(13)14/h3-9,13H,2,10H2,1H3,(H,20,23)(H,21,22,24). The van der Waals surface area contributed by atoms with E-state index in [1.165, 1.54) is 11.3 Å². The normalized spacial score (nSPS) is 16.0. The second-order valence-corrected chi connectivity index (χ2v) is 6.99. The van der Waals surface area contributed by atoms with Crippen LogP contribution in [-0.4, -0.2) is 23.4 Å². The van der Waals surface area contributed by atoms with Crippen LogP contribution in [0, 0.1) is 0 Å². The summed E-state index contributed by atoms with van der Waals surface area (Å²) in [6.07, 6.45) is 0.127. The first-order chi connectivity index (χ1) is 12.6. The lowest BCUT2D eigenvalue weighted by Gasteiger charge is -2.24. The summed E-state index contributed by atoms with van der Waals surface area (Å²) in [6, 6.07) is 13.0. The van der Waals surface area contributed by atoms with Crippen LogP contribution in [0.15, 0.2) is 42.5 Å². The second kappa shape index (κ2) is 6.76. The average molecular weight is 367 g/mol. The molecule has 1 aliphatic heterocycles. The molecular weight excluding hydrogens is 350 g/mol. The third-order valence-corrected chi connectivity index (χ3v) is 5.15. The van der Waals surface area contributed by atoms with Crippen LogP contribution in [0.4, 0.5) is 10.8 Å². The van der Waals surface area contributed by atoms with Crippen LogP contribution < -0.4 is 15.4 Å². The molecule has 1 atom stereocenters. The minimum absolute atomic E-state index is 0.127. The molecule has 26 heavy (non-hydrogen) atoms. The molecule has 0 spiro atoms. The maximum absolute atomic E-state index is 12.8. The molecule has 1 unspecified atom stereocenters. The molecular formula is C19H17N3O3S. The number of hydrogen-bond acceptors (Lipinski definition) is 5. The Morgan fingerprint density at radius 2 is 2.19 bits per heavy atom. The van der Waals surface area contributed by atoms with E-state index in [9.17, 15) is 9.59 Å². The fourth-order valence-electron chi connectivity index (χ4n) is 3.05. The zero-order chi connectivity index (χ0) is 18.1. The van der Waals surface area contributed by atoms with Crippen molar-refractivity contribution in [2.45, 2.75) is 19.3 Å². The van der Waals surface area contributed by atoms with Gasteiger partial charge in [0.05, 0.1) is 22.7 Å². The minimum atomic E-state index is -0.522. The first kappa shape index (κ1) is 16.5. The van der Waals surface area contributed by atoms with Gasteiger partial charge in [0.25, 0.3) is 0 Å². The molecule has 6 nitrogen and oxygen atoms in total. The topological polar surface area (TPSA) is 80.3 Å². The SMILES string of the molecule is CCOc1ccc2nc(NC(=O)C3CC(=O)Nc4ccccc43)sc2c1. The zero-order valence-electron chi connectivity index (χ0n) is 14.1. The summed E-state index contributed by atoms with van der Waals surface area (Å²) < 4.78 is 6.44. The molecule has 0 bridgehead atoms. The van der Waals surface area contributed by atoms with Gasteiger partial charge in [-0.1, -0.05) is 29.5 Å². The summed E-state index contributed by atoms with van der Waals surface area (Å²) in [7, 11) is 0. The fourth-order valence-corrected chi connectivity index (χ4v) is 3.95. The van der Waals surface area contributed by atoms with Crippen LogP contribution in [0.1, 0.15) is 24.8 Å². The number of rotatable bonds is 4. The van der Waals surface area contributed by atoms with Crippen molar-refractivity contribution in [1.82, 2.24) is 4.98 Å². The molecule has 2 amide bonds. The van der Waals surface area contributed by atoms with Crippen LogP contribution in [-0.2, 0) is 9.59 Å². The van der Waals surface area contributed by atoms with Gasteiger partial charge in [-0.2, -0.15) is 0 Å².